The molecule has 126 heavy (non-hydrogen) atoms. The fraction of sp³-hybridized carbons (Fsp3) is 0.0351. The molecule has 4 aromatic heterocycles. The second-order valence-corrected chi connectivity index (χ2v) is 30.0. The maximum atomic E-state index is 4.55. The van der Waals surface area contributed by atoms with E-state index >= 15 is 0 Å². The molecule has 12 heteroatoms. The summed E-state index contributed by atoms with van der Waals surface area (Å²) in [7, 11) is 0. The van der Waals surface area contributed by atoms with Crippen LogP contribution in [-0.2, 0) is 80.4 Å². The number of anilines is 11. The predicted octanol–water partition coefficient (Wildman–Crippen LogP) is 30.3. The summed E-state index contributed by atoms with van der Waals surface area (Å²) < 4.78 is 0. The molecule has 1 unspecified atom stereocenters. The van der Waals surface area contributed by atoms with Crippen molar-refractivity contribution >= 4 is 116 Å². The molecule has 4 heterocycles. The minimum absolute atomic E-state index is 0. The van der Waals surface area contributed by atoms with Gasteiger partial charge in [0.25, 0.3) is 0 Å². The van der Waals surface area contributed by atoms with Crippen LogP contribution >= 0.6 is 0 Å². The summed E-state index contributed by atoms with van der Waals surface area (Å²) in [6, 6.07) is 157. The number of pyridine rings is 4. The first-order chi connectivity index (χ1) is 60.3. The van der Waals surface area contributed by atoms with E-state index in [-0.39, 0.29) is 80.4 Å². The topological polar surface area (TPSA) is 64.5 Å². The summed E-state index contributed by atoms with van der Waals surface area (Å²) in [5.74, 6) is 0.585. The Bertz CT molecular complexity index is 6900. The van der Waals surface area contributed by atoms with Crippen molar-refractivity contribution in [2.24, 2.45) is 5.92 Å². The summed E-state index contributed by atoms with van der Waals surface area (Å²) in [5.41, 5.74) is 22.3. The fourth-order valence-electron chi connectivity index (χ4n) is 15.7. The Balaban J connectivity index is 0.000000135. The maximum Gasteiger partial charge on any atom is 0.0522 e. The van der Waals surface area contributed by atoms with Crippen molar-refractivity contribution in [3.63, 3.8) is 0 Å². The number of allylic oxidation sites excluding steroid dienone is 3. The van der Waals surface area contributed by atoms with Crippen molar-refractivity contribution in [3.05, 3.63) is 491 Å². The number of aryl methyl sites for hydroxylation is 1. The molecule has 8 nitrogen and oxygen atoms in total. The van der Waals surface area contributed by atoms with Gasteiger partial charge >= 0.3 is 0 Å². The smallest absolute Gasteiger partial charge is 0.0522 e. The van der Waals surface area contributed by atoms with Crippen LogP contribution in [0.3, 0.4) is 0 Å². The van der Waals surface area contributed by atoms with Crippen LogP contribution < -0.4 is 19.6 Å². The quantitative estimate of drug-likeness (QED) is 0.0887. The first kappa shape index (κ1) is 89.0. The monoisotopic (exact) mass is 2340 g/mol. The van der Waals surface area contributed by atoms with E-state index in [0.29, 0.717) is 5.92 Å². The zero-order valence-corrected chi connectivity index (χ0v) is 78.6. The summed E-state index contributed by atoms with van der Waals surface area (Å²) in [6.45, 7) is 4.36. The van der Waals surface area contributed by atoms with E-state index < -0.39 is 0 Å². The fourth-order valence-corrected chi connectivity index (χ4v) is 15.7. The van der Waals surface area contributed by atoms with Crippen molar-refractivity contribution in [1.82, 2.24) is 19.9 Å². The van der Waals surface area contributed by atoms with E-state index in [2.05, 4.69) is 405 Å². The molecule has 1 atom stereocenters. The third kappa shape index (κ3) is 20.9. The summed E-state index contributed by atoms with van der Waals surface area (Å²) in [5, 5.41) is 12.2. The average Bonchev–Trinajstić information content (AvgIpc) is 0.737. The van der Waals surface area contributed by atoms with Crippen LogP contribution in [0.2, 0.25) is 0 Å². The van der Waals surface area contributed by atoms with Crippen molar-refractivity contribution in [1.29, 1.82) is 0 Å². The predicted molar refractivity (Wildman–Crippen MR) is 510 cm³/mol. The van der Waals surface area contributed by atoms with Gasteiger partial charge in [-0.25, -0.2) is 0 Å². The Morgan fingerprint density at radius 1 is 0.254 bits per heavy atom. The molecule has 0 saturated heterocycles. The first-order valence-electron chi connectivity index (χ1n) is 41.2. The van der Waals surface area contributed by atoms with Crippen molar-refractivity contribution in [2.75, 3.05) is 19.6 Å². The molecule has 0 N–H and O–H groups in total. The van der Waals surface area contributed by atoms with Gasteiger partial charge in [0.15, 0.2) is 0 Å². The van der Waals surface area contributed by atoms with E-state index in [4.69, 9.17) is 0 Å². The van der Waals surface area contributed by atoms with E-state index in [1.165, 1.54) is 65.1 Å². The number of nitrogens with zero attached hydrogens (tertiary/aromatic N) is 8. The van der Waals surface area contributed by atoms with Crippen LogP contribution in [0.4, 0.5) is 62.6 Å². The Hall–Kier alpha value is -13.3. The van der Waals surface area contributed by atoms with Crippen LogP contribution in [0.1, 0.15) is 18.9 Å². The summed E-state index contributed by atoms with van der Waals surface area (Å²) in [4.78, 5) is 27.3. The van der Waals surface area contributed by atoms with E-state index in [1.54, 1.807) is 0 Å². The second-order valence-electron chi connectivity index (χ2n) is 30.0. The number of benzene rings is 16. The molecule has 0 amide bonds. The molecule has 0 bridgehead atoms. The van der Waals surface area contributed by atoms with Gasteiger partial charge in [-0.15, -0.1) is 119 Å². The number of aromatic nitrogens is 4. The molecule has 0 fully saturated rings. The minimum atomic E-state index is 0. The van der Waals surface area contributed by atoms with E-state index in [9.17, 15) is 0 Å². The Kier molecular flexibility index (Phi) is 30.3. The van der Waals surface area contributed by atoms with Gasteiger partial charge in [0.2, 0.25) is 0 Å². The van der Waals surface area contributed by atoms with Crippen LogP contribution in [0.15, 0.2) is 461 Å². The molecule has 4 radical (unpaired) electrons. The van der Waals surface area contributed by atoms with Gasteiger partial charge in [-0.3, -0.25) is 0 Å². The first-order valence-corrected chi connectivity index (χ1v) is 41.2. The SMILES string of the molecule is Cc1ccc(N(C2=CCC(C)C=C2)c2cc[c-]c(-c3ccccn3)c2)cc1.[Ir].[Ir].[Ir].[Ir].[c-]1ccc(N(c2ccc3ccccc3c2)c2ccc3ccccc3c2)cc1-c1ccccn1.[c-]1ccc(N(c2cccc3ccccc23)c2cccc3ccccc23)cc1-c1ccccn1.[c-]1ccc(N(c2ccccc2)c2ccc3ccccc3c2)cc1-c1ccccn1. The van der Waals surface area contributed by atoms with Crippen LogP contribution in [0, 0.1) is 37.1 Å². The second kappa shape index (κ2) is 42.9. The van der Waals surface area contributed by atoms with Gasteiger partial charge in [0.05, 0.1) is 11.4 Å². The Morgan fingerprint density at radius 3 is 0.921 bits per heavy atom. The van der Waals surface area contributed by atoms with Gasteiger partial charge in [-0.05, 0) is 211 Å². The van der Waals surface area contributed by atoms with Gasteiger partial charge < -0.3 is 39.5 Å². The molecule has 0 aliphatic heterocycles. The molecule has 20 aromatic rings. The normalized spacial score (nSPS) is 11.7. The van der Waals surface area contributed by atoms with Crippen molar-refractivity contribution in [2.45, 2.75) is 20.3 Å². The number of para-hydroxylation sites is 1. The van der Waals surface area contributed by atoms with Gasteiger partial charge in [-0.2, -0.15) is 0 Å². The zero-order chi connectivity index (χ0) is 82.2. The molecule has 16 aromatic carbocycles. The molecular formula is C114H84Ir4N8-4. The van der Waals surface area contributed by atoms with Crippen molar-refractivity contribution in [3.8, 4) is 45.0 Å². The maximum absolute atomic E-state index is 4.55. The van der Waals surface area contributed by atoms with Crippen LogP contribution in [0.5, 0.6) is 0 Å². The average molecular weight is 2330 g/mol. The van der Waals surface area contributed by atoms with E-state index in [0.717, 1.165) is 114 Å². The van der Waals surface area contributed by atoms with Crippen LogP contribution in [0.25, 0.3) is 98.9 Å². The minimum Gasteiger partial charge on any atom is -0.328 e. The number of hydrogen-bond donors (Lipinski definition) is 0. The van der Waals surface area contributed by atoms with E-state index in [1.807, 2.05) is 128 Å². The number of hydrogen-bond acceptors (Lipinski definition) is 8. The molecule has 0 spiro atoms. The molecule has 1 aliphatic rings. The summed E-state index contributed by atoms with van der Waals surface area (Å²) in [6.07, 6.45) is 15.2. The largest absolute Gasteiger partial charge is 0.328 e. The van der Waals surface area contributed by atoms with Crippen molar-refractivity contribution < 1.29 is 80.4 Å². The molecule has 620 valence electrons. The summed E-state index contributed by atoms with van der Waals surface area (Å²) >= 11 is 0. The molecule has 0 saturated carbocycles. The molecule has 1 aliphatic carbocycles. The Morgan fingerprint density at radius 2 is 0.556 bits per heavy atom. The van der Waals surface area contributed by atoms with Gasteiger partial charge in [-0.1, -0.05) is 267 Å². The van der Waals surface area contributed by atoms with Gasteiger partial charge in [0.1, 0.15) is 0 Å². The Labute approximate surface area is 791 Å². The van der Waals surface area contributed by atoms with Gasteiger partial charge in [0, 0.05) is 150 Å². The number of rotatable bonds is 16. The molecule has 21 rings (SSSR count). The third-order valence-corrected chi connectivity index (χ3v) is 21.8. The van der Waals surface area contributed by atoms with Crippen LogP contribution in [-0.4, -0.2) is 19.9 Å². The standard InChI is InChI=1S/2C31H21N2.C27H19N2.C25H23N2.4Ir/c1-3-16-27-23(10-1)12-8-19-30(27)33(31-20-9-13-24-11-2-4-17-28(24)31)26-15-7-14-25(22-26)29-18-5-6-21-32-29;1-3-10-25-20-29(17-15-23(25)8-1)33(30-18-16-24-9-2-4-11-26(24)21-30)28-13-7-12-27(22-28)31-14-5-6-19-32-31;1-2-12-24(13-3-1)29(26-17-16-21-9-4-5-10-22(21)19-26)25-14-8-11-23(20-25)27-15-6-7-18-28-27;1-19-9-13-22(14-10-19)27(23-15-11-20(2)12-16-23)24-7-5-6-21(18-24)25-8-3-4-17-26-25;;;;/h1-13,15-22H;1-11,13-22H;1-10,12-20H;3-5,7-11,13-18,20H,12H2,1-2H3;;;;/q4*-1;;;;. The zero-order valence-electron chi connectivity index (χ0n) is 69.0. The number of fused-ring (bicyclic) bond motifs is 5. The third-order valence-electron chi connectivity index (χ3n) is 21.8. The molecular weight excluding hydrogens is 2250 g/mol.